The molecule has 0 unspecified atom stereocenters. The van der Waals surface area contributed by atoms with Gasteiger partial charge in [-0.3, -0.25) is 19.0 Å². The van der Waals surface area contributed by atoms with Gasteiger partial charge in [0.05, 0.1) is 7.11 Å². The Morgan fingerprint density at radius 2 is 2.58 bits per heavy atom. The van der Waals surface area contributed by atoms with E-state index in [2.05, 4.69) is 10.3 Å². The molecule has 0 atom stereocenters. The molecule has 0 aromatic carbocycles. The van der Waals surface area contributed by atoms with Gasteiger partial charge >= 0.3 is 4.87 Å². The van der Waals surface area contributed by atoms with Gasteiger partial charge in [-0.1, -0.05) is 11.3 Å². The molecule has 0 fully saturated rings. The van der Waals surface area contributed by atoms with Crippen LogP contribution in [0.5, 0.6) is 0 Å². The lowest BCUT2D eigenvalue weighted by Crippen LogP contribution is -2.29. The van der Waals surface area contributed by atoms with Gasteiger partial charge in [0.2, 0.25) is 0 Å². The number of aromatic nitrogens is 1. The van der Waals surface area contributed by atoms with Crippen LogP contribution < -0.4 is 10.4 Å². The number of hydroxylamine groups is 1. The number of hydrogen-bond acceptors (Lipinski definition) is 4. The van der Waals surface area contributed by atoms with Gasteiger partial charge in [-0.05, 0) is 0 Å². The highest BCUT2D eigenvalue weighted by atomic mass is 32.1. The fourth-order valence-corrected chi connectivity index (χ4v) is 1.29. The lowest BCUT2D eigenvalue weighted by atomic mass is 10.6. The van der Waals surface area contributed by atoms with E-state index in [0.29, 0.717) is 0 Å². The summed E-state index contributed by atoms with van der Waals surface area (Å²) >= 11 is 1.05. The molecule has 0 aliphatic carbocycles. The molecule has 1 aromatic heterocycles. The molecule has 12 heavy (non-hydrogen) atoms. The van der Waals surface area contributed by atoms with Crippen molar-refractivity contribution in [2.24, 2.45) is 0 Å². The number of thiazole rings is 1. The number of carbonyl (C=O) groups is 1. The first kappa shape index (κ1) is 8.95. The van der Waals surface area contributed by atoms with Gasteiger partial charge < -0.3 is 0 Å². The average molecular weight is 188 g/mol. The van der Waals surface area contributed by atoms with Crippen molar-refractivity contribution in [3.05, 3.63) is 21.2 Å². The van der Waals surface area contributed by atoms with Crippen molar-refractivity contribution < 1.29 is 9.63 Å². The van der Waals surface area contributed by atoms with Crippen LogP contribution in [0.2, 0.25) is 0 Å². The van der Waals surface area contributed by atoms with E-state index >= 15 is 0 Å². The Hall–Kier alpha value is -1.14. The molecule has 0 saturated heterocycles. The van der Waals surface area contributed by atoms with Crippen LogP contribution in [0.3, 0.4) is 0 Å². The van der Waals surface area contributed by atoms with Crippen molar-refractivity contribution >= 4 is 17.2 Å². The second-order valence-electron chi connectivity index (χ2n) is 2.03. The summed E-state index contributed by atoms with van der Waals surface area (Å²) in [4.78, 5) is 26.0. The van der Waals surface area contributed by atoms with Crippen LogP contribution in [0.1, 0.15) is 0 Å². The summed E-state index contributed by atoms with van der Waals surface area (Å²) < 4.78 is 1.30. The molecule has 5 nitrogen and oxygen atoms in total. The third-order valence-electron chi connectivity index (χ3n) is 1.17. The number of nitrogens with zero attached hydrogens (tertiary/aromatic N) is 1. The Bertz CT molecular complexity index is 317. The molecule has 0 bridgehead atoms. The van der Waals surface area contributed by atoms with Crippen LogP contribution in [-0.2, 0) is 16.2 Å². The number of rotatable bonds is 3. The van der Waals surface area contributed by atoms with Crippen molar-refractivity contribution in [2.75, 3.05) is 7.11 Å². The highest BCUT2D eigenvalue weighted by Gasteiger charge is 2.02. The number of hydrogen-bond donors (Lipinski definition) is 1. The maximum absolute atomic E-state index is 10.9. The van der Waals surface area contributed by atoms with Crippen LogP contribution in [0.4, 0.5) is 0 Å². The maximum Gasteiger partial charge on any atom is 0.307 e. The van der Waals surface area contributed by atoms with Gasteiger partial charge in [-0.25, -0.2) is 5.48 Å². The van der Waals surface area contributed by atoms with Crippen LogP contribution >= 0.6 is 11.3 Å². The van der Waals surface area contributed by atoms with Crippen LogP contribution in [0.15, 0.2) is 16.4 Å². The minimum Gasteiger partial charge on any atom is -0.296 e. The van der Waals surface area contributed by atoms with Crippen LogP contribution in [-0.4, -0.2) is 17.6 Å². The molecule has 1 aromatic rings. The minimum atomic E-state index is -0.349. The first-order valence-corrected chi connectivity index (χ1v) is 4.08. The van der Waals surface area contributed by atoms with Crippen molar-refractivity contribution in [1.29, 1.82) is 0 Å². The number of nitrogens with one attached hydrogen (secondary N) is 1. The smallest absolute Gasteiger partial charge is 0.296 e. The molecule has 6 heteroatoms. The third kappa shape index (κ3) is 2.18. The van der Waals surface area contributed by atoms with E-state index < -0.39 is 0 Å². The summed E-state index contributed by atoms with van der Waals surface area (Å²) in [6.07, 6.45) is 1.56. The highest BCUT2D eigenvalue weighted by Crippen LogP contribution is 1.88. The summed E-state index contributed by atoms with van der Waals surface area (Å²) in [5.41, 5.74) is 2.12. The summed E-state index contributed by atoms with van der Waals surface area (Å²) in [5, 5.41) is 1.63. The van der Waals surface area contributed by atoms with Gasteiger partial charge in [0, 0.05) is 11.6 Å². The Kier molecular flexibility index (Phi) is 3.01. The molecule has 1 heterocycles. The fourth-order valence-electron chi connectivity index (χ4n) is 0.709. The van der Waals surface area contributed by atoms with E-state index in [4.69, 9.17) is 0 Å². The third-order valence-corrected chi connectivity index (χ3v) is 1.87. The lowest BCUT2D eigenvalue weighted by molar-refractivity contribution is -0.131. The van der Waals surface area contributed by atoms with Gasteiger partial charge in [-0.2, -0.15) is 0 Å². The molecule has 0 saturated carbocycles. The summed E-state index contributed by atoms with van der Waals surface area (Å²) in [5.74, 6) is -0.349. The van der Waals surface area contributed by atoms with E-state index in [-0.39, 0.29) is 17.3 Å². The molecule has 0 spiro atoms. The molecular weight excluding hydrogens is 180 g/mol. The van der Waals surface area contributed by atoms with Crippen molar-refractivity contribution in [2.45, 2.75) is 6.54 Å². The first-order valence-electron chi connectivity index (χ1n) is 3.20. The quantitative estimate of drug-likeness (QED) is 0.656. The standard InChI is InChI=1S/C6H8N2O3S/c1-11-7-5(9)4-8-2-3-12-6(8)10/h2-3H,4H2,1H3,(H,7,9). The SMILES string of the molecule is CONC(=O)Cn1ccsc1=O. The Morgan fingerprint density at radius 3 is 3.08 bits per heavy atom. The number of carbonyl (C=O) groups excluding carboxylic acids is 1. The van der Waals surface area contributed by atoms with Crippen molar-refractivity contribution in [1.82, 2.24) is 10.0 Å². The zero-order valence-electron chi connectivity index (χ0n) is 6.44. The Balaban J connectivity index is 2.58. The monoisotopic (exact) mass is 188 g/mol. The topological polar surface area (TPSA) is 60.3 Å². The van der Waals surface area contributed by atoms with Crippen molar-refractivity contribution in [3.63, 3.8) is 0 Å². The van der Waals surface area contributed by atoms with E-state index in [1.54, 1.807) is 11.6 Å². The van der Waals surface area contributed by atoms with Crippen LogP contribution in [0, 0.1) is 0 Å². The van der Waals surface area contributed by atoms with Gasteiger partial charge in [-0.15, -0.1) is 0 Å². The maximum atomic E-state index is 10.9. The predicted octanol–water partition coefficient (Wildman–Crippen LogP) is -0.413. The number of amides is 1. The second-order valence-corrected chi connectivity index (χ2v) is 2.88. The minimum absolute atomic E-state index is 0.00380. The summed E-state index contributed by atoms with van der Waals surface area (Å²) in [6, 6.07) is 0. The average Bonchev–Trinajstić information content (AvgIpc) is 2.37. The van der Waals surface area contributed by atoms with E-state index in [0.717, 1.165) is 11.3 Å². The predicted molar refractivity (Wildman–Crippen MR) is 43.7 cm³/mol. The molecule has 1 amide bonds. The molecule has 0 aliphatic rings. The first-order chi connectivity index (χ1) is 5.74. The zero-order valence-corrected chi connectivity index (χ0v) is 7.26. The highest BCUT2D eigenvalue weighted by molar-refractivity contribution is 7.07. The van der Waals surface area contributed by atoms with Gasteiger partial charge in [0.1, 0.15) is 6.54 Å². The van der Waals surface area contributed by atoms with Gasteiger partial charge in [0.15, 0.2) is 0 Å². The summed E-state index contributed by atoms with van der Waals surface area (Å²) in [7, 11) is 1.34. The summed E-state index contributed by atoms with van der Waals surface area (Å²) in [6.45, 7) is -0.00380. The van der Waals surface area contributed by atoms with E-state index in [1.807, 2.05) is 0 Å². The lowest BCUT2D eigenvalue weighted by Gasteiger charge is -2.00. The Labute approximate surface area is 72.5 Å². The second kappa shape index (κ2) is 4.03. The normalized spacial score (nSPS) is 9.75. The molecule has 66 valence electrons. The molecule has 1 rings (SSSR count). The van der Waals surface area contributed by atoms with Gasteiger partial charge in [0.25, 0.3) is 5.91 Å². The fraction of sp³-hybridized carbons (Fsp3) is 0.333. The van der Waals surface area contributed by atoms with Crippen LogP contribution in [0.25, 0.3) is 0 Å². The van der Waals surface area contributed by atoms with E-state index in [1.165, 1.54) is 11.7 Å². The van der Waals surface area contributed by atoms with E-state index in [9.17, 15) is 9.59 Å². The zero-order chi connectivity index (χ0) is 8.97. The molecular formula is C6H8N2O3S. The molecule has 0 radical (unpaired) electrons. The largest absolute Gasteiger partial charge is 0.307 e. The molecule has 1 N–H and O–H groups in total. The Morgan fingerprint density at radius 1 is 1.83 bits per heavy atom. The molecule has 0 aliphatic heterocycles. The van der Waals surface area contributed by atoms with Crippen molar-refractivity contribution in [3.8, 4) is 0 Å².